The van der Waals surface area contributed by atoms with Crippen LogP contribution in [0.1, 0.15) is 86.3 Å². The van der Waals surface area contributed by atoms with Gasteiger partial charge in [0.2, 0.25) is 5.91 Å². The summed E-state index contributed by atoms with van der Waals surface area (Å²) in [5.74, 6) is 0.123. The Morgan fingerprint density at radius 1 is 0.840 bits per heavy atom. The average Bonchev–Trinajstić information content (AvgIpc) is 2.99. The molecule has 50 heavy (non-hydrogen) atoms. The molecule has 278 valence electrons. The summed E-state index contributed by atoms with van der Waals surface area (Å²) in [5.41, 5.74) is -1.24. The van der Waals surface area contributed by atoms with Crippen molar-refractivity contribution in [1.82, 2.24) is 20.9 Å². The van der Waals surface area contributed by atoms with E-state index in [1.165, 1.54) is 18.7 Å². The van der Waals surface area contributed by atoms with Crippen molar-refractivity contribution in [1.29, 1.82) is 0 Å². The van der Waals surface area contributed by atoms with Crippen LogP contribution in [0.5, 0.6) is 5.75 Å². The van der Waals surface area contributed by atoms with E-state index in [1.807, 2.05) is 45.0 Å². The molecule has 1 heterocycles. The average molecular weight is 700 g/mol. The Morgan fingerprint density at radius 3 is 2.06 bits per heavy atom. The molecular weight excluding hydrogens is 642 g/mol. The van der Waals surface area contributed by atoms with E-state index in [2.05, 4.69) is 26.3 Å². The molecule has 0 bridgehead atoms. The number of nitrogens with one attached hydrogen (secondary N) is 4. The highest BCUT2D eigenvalue weighted by molar-refractivity contribution is 5.89. The van der Waals surface area contributed by atoms with Crippen molar-refractivity contribution in [2.45, 2.75) is 111 Å². The highest BCUT2D eigenvalue weighted by Gasteiger charge is 2.39. The SMILES string of the molecule is Cc1ccc(OCCCCOC[C@@H](NC(=O)CNC(=O)N[C@@](C)(Cc2ccc(NC(=O)OC(C)(C)C)nc2)C(=O)OC(C)(C)C)C(C)C)cc1. The zero-order valence-electron chi connectivity index (χ0n) is 31.4. The Kier molecular flexibility index (Phi) is 16.0. The van der Waals surface area contributed by atoms with Crippen molar-refractivity contribution in [3.05, 3.63) is 53.7 Å². The van der Waals surface area contributed by atoms with Crippen LogP contribution in [0.2, 0.25) is 0 Å². The number of hydrogen-bond acceptors (Lipinski definition) is 9. The van der Waals surface area contributed by atoms with E-state index >= 15 is 0 Å². The Hall–Kier alpha value is -4.39. The van der Waals surface area contributed by atoms with Gasteiger partial charge in [0, 0.05) is 19.2 Å². The number of esters is 1. The monoisotopic (exact) mass is 699 g/mol. The molecular formula is C37H57N5O8. The molecule has 4 amide bonds. The predicted molar refractivity (Wildman–Crippen MR) is 192 cm³/mol. The second kappa shape index (κ2) is 19.1. The number of carbonyl (C=O) groups is 4. The number of urea groups is 1. The van der Waals surface area contributed by atoms with Gasteiger partial charge in [-0.05, 0) is 97.9 Å². The van der Waals surface area contributed by atoms with Gasteiger partial charge in [0.05, 0.1) is 25.8 Å². The van der Waals surface area contributed by atoms with Crippen molar-refractivity contribution in [2.75, 3.05) is 31.7 Å². The van der Waals surface area contributed by atoms with Crippen LogP contribution in [0.15, 0.2) is 42.6 Å². The second-order valence-corrected chi connectivity index (χ2v) is 14.9. The first kappa shape index (κ1) is 41.8. The summed E-state index contributed by atoms with van der Waals surface area (Å²) in [6.07, 6.45) is 2.50. The number of carbonyl (C=O) groups excluding carboxylic acids is 4. The molecule has 13 nitrogen and oxygen atoms in total. The summed E-state index contributed by atoms with van der Waals surface area (Å²) < 4.78 is 22.5. The van der Waals surface area contributed by atoms with E-state index in [9.17, 15) is 19.2 Å². The van der Waals surface area contributed by atoms with Gasteiger partial charge < -0.3 is 34.9 Å². The molecule has 0 fully saturated rings. The largest absolute Gasteiger partial charge is 0.494 e. The van der Waals surface area contributed by atoms with Crippen LogP contribution < -0.4 is 26.0 Å². The number of pyridine rings is 1. The lowest BCUT2D eigenvalue weighted by Gasteiger charge is -2.32. The van der Waals surface area contributed by atoms with Crippen LogP contribution in [0.4, 0.5) is 15.4 Å². The number of rotatable bonds is 17. The molecule has 2 atom stereocenters. The first-order chi connectivity index (χ1) is 23.2. The van der Waals surface area contributed by atoms with Crippen LogP contribution in [0.25, 0.3) is 0 Å². The Morgan fingerprint density at radius 2 is 1.48 bits per heavy atom. The Bertz CT molecular complexity index is 1380. The summed E-state index contributed by atoms with van der Waals surface area (Å²) in [4.78, 5) is 55.5. The number of anilines is 1. The lowest BCUT2D eigenvalue weighted by Crippen LogP contribution is -2.59. The molecule has 0 saturated heterocycles. The van der Waals surface area contributed by atoms with Gasteiger partial charge in [0.1, 0.15) is 28.3 Å². The molecule has 0 unspecified atom stereocenters. The minimum Gasteiger partial charge on any atom is -0.494 e. The standard InChI is InChI=1S/C37H57N5O8/c1-25(2)29(24-47-19-11-12-20-48-28-16-13-26(3)14-17-28)40-31(43)23-39-33(45)42-37(10,32(44)49-35(4,5)6)21-27-15-18-30(38-22-27)41-34(46)50-36(7,8)9/h13-18,22,25,29H,11-12,19-21,23-24H2,1-10H3,(H,40,43)(H,38,41,46)(H2,39,42,45)/t29-,37+/m1/s1. The third-order valence-corrected chi connectivity index (χ3v) is 7.08. The number of ether oxygens (including phenoxy) is 4. The van der Waals surface area contributed by atoms with Crippen molar-refractivity contribution in [3.63, 3.8) is 0 Å². The zero-order chi connectivity index (χ0) is 37.5. The van der Waals surface area contributed by atoms with Crippen LogP contribution in [0, 0.1) is 12.8 Å². The van der Waals surface area contributed by atoms with Gasteiger partial charge >= 0.3 is 18.1 Å². The molecule has 0 spiro atoms. The maximum absolute atomic E-state index is 13.3. The summed E-state index contributed by atoms with van der Waals surface area (Å²) >= 11 is 0. The smallest absolute Gasteiger partial charge is 0.413 e. The van der Waals surface area contributed by atoms with Gasteiger partial charge in [-0.15, -0.1) is 0 Å². The number of nitrogens with zero attached hydrogens (tertiary/aromatic N) is 1. The third-order valence-electron chi connectivity index (χ3n) is 7.08. The maximum Gasteiger partial charge on any atom is 0.413 e. The Balaban J connectivity index is 1.88. The molecule has 2 rings (SSSR count). The minimum absolute atomic E-state index is 0.0199. The number of aromatic nitrogens is 1. The van der Waals surface area contributed by atoms with Gasteiger partial charge in [-0.2, -0.15) is 0 Å². The van der Waals surface area contributed by atoms with E-state index in [-0.39, 0.29) is 30.7 Å². The van der Waals surface area contributed by atoms with E-state index in [1.54, 1.807) is 53.7 Å². The minimum atomic E-state index is -1.52. The summed E-state index contributed by atoms with van der Waals surface area (Å²) in [5, 5.41) is 10.7. The molecule has 0 aliphatic heterocycles. The zero-order valence-corrected chi connectivity index (χ0v) is 31.4. The molecule has 0 saturated carbocycles. The molecule has 2 aromatic rings. The first-order valence-corrected chi connectivity index (χ1v) is 17.1. The molecule has 13 heteroatoms. The molecule has 0 radical (unpaired) electrons. The number of aryl methyl sites for hydroxylation is 1. The summed E-state index contributed by atoms with van der Waals surface area (Å²) in [7, 11) is 0. The van der Waals surface area contributed by atoms with Gasteiger partial charge in [-0.1, -0.05) is 37.6 Å². The fourth-order valence-electron chi connectivity index (χ4n) is 4.43. The first-order valence-electron chi connectivity index (χ1n) is 17.1. The number of hydrogen-bond donors (Lipinski definition) is 4. The lowest BCUT2D eigenvalue weighted by atomic mass is 9.93. The van der Waals surface area contributed by atoms with Crippen LogP contribution in [-0.2, 0) is 30.2 Å². The quantitative estimate of drug-likeness (QED) is 0.120. The second-order valence-electron chi connectivity index (χ2n) is 14.9. The molecule has 0 aliphatic rings. The van der Waals surface area contributed by atoms with Crippen molar-refractivity contribution < 1.29 is 38.1 Å². The van der Waals surface area contributed by atoms with Gasteiger partial charge in [-0.25, -0.2) is 19.4 Å². The lowest BCUT2D eigenvalue weighted by molar-refractivity contribution is -0.162. The van der Waals surface area contributed by atoms with E-state index in [4.69, 9.17) is 18.9 Å². The number of unbranched alkanes of at least 4 members (excludes halogenated alkanes) is 1. The third kappa shape index (κ3) is 16.8. The topological polar surface area (TPSA) is 166 Å². The molecule has 0 aliphatic carbocycles. The Labute approximate surface area is 296 Å². The molecule has 1 aromatic carbocycles. The fraction of sp³-hybridized carbons (Fsp3) is 0.595. The van der Waals surface area contributed by atoms with Gasteiger partial charge in [-0.3, -0.25) is 10.1 Å². The van der Waals surface area contributed by atoms with Crippen molar-refractivity contribution in [3.8, 4) is 5.75 Å². The van der Waals surface area contributed by atoms with E-state index in [0.29, 0.717) is 25.4 Å². The predicted octanol–water partition coefficient (Wildman–Crippen LogP) is 5.70. The summed E-state index contributed by atoms with van der Waals surface area (Å²) in [6, 6.07) is 10.2. The van der Waals surface area contributed by atoms with Crippen LogP contribution in [0.3, 0.4) is 0 Å². The normalized spacial score (nSPS) is 13.4. The van der Waals surface area contributed by atoms with Crippen molar-refractivity contribution >= 4 is 29.8 Å². The van der Waals surface area contributed by atoms with Crippen LogP contribution in [-0.4, -0.2) is 78.1 Å². The highest BCUT2D eigenvalue weighted by atomic mass is 16.6. The van der Waals surface area contributed by atoms with Gasteiger partial charge in [0.15, 0.2) is 0 Å². The van der Waals surface area contributed by atoms with Crippen LogP contribution >= 0.6 is 0 Å². The number of benzene rings is 1. The van der Waals surface area contributed by atoms with Crippen molar-refractivity contribution in [2.24, 2.45) is 5.92 Å². The highest BCUT2D eigenvalue weighted by Crippen LogP contribution is 2.20. The van der Waals surface area contributed by atoms with E-state index < -0.39 is 40.7 Å². The molecule has 1 aromatic heterocycles. The molecule has 4 N–H and O–H groups in total. The summed E-state index contributed by atoms with van der Waals surface area (Å²) in [6.45, 7) is 19.1. The maximum atomic E-state index is 13.3. The van der Waals surface area contributed by atoms with E-state index in [0.717, 1.165) is 18.6 Å². The van der Waals surface area contributed by atoms with Gasteiger partial charge in [0.25, 0.3) is 0 Å². The number of amides is 4. The fourth-order valence-corrected chi connectivity index (χ4v) is 4.43.